The van der Waals surface area contributed by atoms with Gasteiger partial charge in [-0.25, -0.2) is 0 Å². The van der Waals surface area contributed by atoms with E-state index in [4.69, 9.17) is 0 Å². The number of imide groups is 1. The maximum atomic E-state index is 13.1. The summed E-state index contributed by atoms with van der Waals surface area (Å²) in [7, 11) is 0. The molecule has 0 aromatic heterocycles. The van der Waals surface area contributed by atoms with Crippen molar-refractivity contribution in [2.75, 3.05) is 5.32 Å². The van der Waals surface area contributed by atoms with Crippen LogP contribution in [0.1, 0.15) is 24.5 Å². The highest BCUT2D eigenvalue weighted by atomic mass is 16.2. The Bertz CT molecular complexity index is 849. The van der Waals surface area contributed by atoms with Crippen LogP contribution in [0.2, 0.25) is 0 Å². The van der Waals surface area contributed by atoms with Crippen molar-refractivity contribution in [3.8, 4) is 0 Å². The Balaban J connectivity index is 1.40. The Morgan fingerprint density at radius 2 is 1.56 bits per heavy atom. The highest BCUT2D eigenvalue weighted by Crippen LogP contribution is 2.65. The molecule has 1 N–H and O–H groups in total. The molecular formula is C22H24N2O3. The SMILES string of the molecule is Cc1cccc(C)c1NC(=O)[C@H](C)N1C(=O)[C@@H]2[C@H]3C=C[C@@H]([C@@H]4C[C@@H]34)[C@H]2C1=O. The van der Waals surface area contributed by atoms with Crippen molar-refractivity contribution in [2.45, 2.75) is 33.2 Å². The minimum atomic E-state index is -0.801. The van der Waals surface area contributed by atoms with Gasteiger partial charge in [0.05, 0.1) is 11.8 Å². The van der Waals surface area contributed by atoms with E-state index in [1.165, 1.54) is 4.90 Å². The van der Waals surface area contributed by atoms with Crippen LogP contribution in [-0.4, -0.2) is 28.7 Å². The Kier molecular flexibility index (Phi) is 3.43. The lowest BCUT2D eigenvalue weighted by Gasteiger charge is -2.37. The summed E-state index contributed by atoms with van der Waals surface area (Å²) < 4.78 is 0. The molecule has 4 aliphatic carbocycles. The van der Waals surface area contributed by atoms with E-state index in [1.54, 1.807) is 6.92 Å². The Morgan fingerprint density at radius 1 is 1.04 bits per heavy atom. The molecule has 6 rings (SSSR count). The summed E-state index contributed by atoms with van der Waals surface area (Å²) in [5.74, 6) is 0.364. The molecule has 5 nitrogen and oxygen atoms in total. The number of likely N-dealkylation sites (tertiary alicyclic amines) is 1. The highest BCUT2D eigenvalue weighted by Gasteiger charge is 2.67. The molecular weight excluding hydrogens is 340 g/mol. The molecule has 0 unspecified atom stereocenters. The number of nitrogens with zero attached hydrogens (tertiary/aromatic N) is 1. The first-order chi connectivity index (χ1) is 12.9. The molecule has 27 heavy (non-hydrogen) atoms. The van der Waals surface area contributed by atoms with E-state index in [0.717, 1.165) is 23.2 Å². The van der Waals surface area contributed by atoms with Crippen LogP contribution >= 0.6 is 0 Å². The Hall–Kier alpha value is -2.43. The maximum Gasteiger partial charge on any atom is 0.247 e. The van der Waals surface area contributed by atoms with Crippen LogP contribution in [-0.2, 0) is 14.4 Å². The van der Waals surface area contributed by atoms with E-state index >= 15 is 0 Å². The maximum absolute atomic E-state index is 13.1. The quantitative estimate of drug-likeness (QED) is 0.662. The summed E-state index contributed by atoms with van der Waals surface area (Å²) in [6, 6.07) is 5.01. The van der Waals surface area contributed by atoms with E-state index in [1.807, 2.05) is 32.0 Å². The summed E-state index contributed by atoms with van der Waals surface area (Å²) in [4.78, 5) is 40.4. The van der Waals surface area contributed by atoms with Gasteiger partial charge in [-0.05, 0) is 62.0 Å². The average molecular weight is 364 g/mol. The van der Waals surface area contributed by atoms with Gasteiger partial charge in [-0.2, -0.15) is 0 Å². The van der Waals surface area contributed by atoms with Crippen molar-refractivity contribution in [1.29, 1.82) is 0 Å². The van der Waals surface area contributed by atoms with Gasteiger partial charge in [-0.3, -0.25) is 19.3 Å². The number of benzene rings is 1. The molecule has 0 spiro atoms. The monoisotopic (exact) mass is 364 g/mol. The number of carbonyl (C=O) groups is 3. The molecule has 3 amide bonds. The van der Waals surface area contributed by atoms with Crippen molar-refractivity contribution in [3.63, 3.8) is 0 Å². The molecule has 0 radical (unpaired) electrons. The number of carbonyl (C=O) groups excluding carboxylic acids is 3. The number of hydrogen-bond donors (Lipinski definition) is 1. The number of hydrogen-bond acceptors (Lipinski definition) is 3. The number of aryl methyl sites for hydroxylation is 2. The fourth-order valence-corrected chi connectivity index (χ4v) is 5.72. The van der Waals surface area contributed by atoms with Crippen molar-refractivity contribution in [1.82, 2.24) is 4.90 Å². The van der Waals surface area contributed by atoms with Gasteiger partial charge in [0.1, 0.15) is 6.04 Å². The van der Waals surface area contributed by atoms with Crippen molar-refractivity contribution >= 4 is 23.4 Å². The molecule has 1 saturated heterocycles. The largest absolute Gasteiger partial charge is 0.324 e. The summed E-state index contributed by atoms with van der Waals surface area (Å²) in [5, 5.41) is 2.93. The number of rotatable bonds is 3. The van der Waals surface area contributed by atoms with Crippen molar-refractivity contribution in [3.05, 3.63) is 41.5 Å². The van der Waals surface area contributed by atoms with Gasteiger partial charge >= 0.3 is 0 Å². The van der Waals surface area contributed by atoms with Crippen molar-refractivity contribution < 1.29 is 14.4 Å². The molecule has 140 valence electrons. The third kappa shape index (κ3) is 2.20. The lowest BCUT2D eigenvalue weighted by atomic mass is 9.63. The van der Waals surface area contributed by atoms with Gasteiger partial charge in [-0.15, -0.1) is 0 Å². The van der Waals surface area contributed by atoms with E-state index < -0.39 is 6.04 Å². The van der Waals surface area contributed by atoms with Crippen LogP contribution in [0.25, 0.3) is 0 Å². The van der Waals surface area contributed by atoms with Crippen LogP contribution in [0.3, 0.4) is 0 Å². The fraction of sp³-hybridized carbons (Fsp3) is 0.500. The third-order valence-electron chi connectivity index (χ3n) is 7.19. The van der Waals surface area contributed by atoms with Gasteiger partial charge in [0, 0.05) is 5.69 Å². The summed E-state index contributed by atoms with van der Waals surface area (Å²) in [5.41, 5.74) is 2.69. The van der Waals surface area contributed by atoms with Crippen LogP contribution in [0, 0.1) is 49.4 Å². The van der Waals surface area contributed by atoms with E-state index in [9.17, 15) is 14.4 Å². The molecule has 2 bridgehead atoms. The third-order valence-corrected chi connectivity index (χ3v) is 7.19. The minimum Gasteiger partial charge on any atom is -0.324 e. The second-order valence-corrected chi connectivity index (χ2v) is 8.63. The zero-order valence-electron chi connectivity index (χ0n) is 15.8. The van der Waals surface area contributed by atoms with Gasteiger partial charge in [0.2, 0.25) is 17.7 Å². The first-order valence-electron chi connectivity index (χ1n) is 9.82. The van der Waals surface area contributed by atoms with E-state index in [0.29, 0.717) is 11.8 Å². The number of amides is 3. The fourth-order valence-electron chi connectivity index (χ4n) is 5.72. The smallest absolute Gasteiger partial charge is 0.247 e. The number of allylic oxidation sites excluding steroid dienone is 2. The van der Waals surface area contributed by atoms with Crippen LogP contribution in [0.15, 0.2) is 30.4 Å². The van der Waals surface area contributed by atoms with Crippen LogP contribution < -0.4 is 5.32 Å². The number of para-hydroxylation sites is 1. The summed E-state index contributed by atoms with van der Waals surface area (Å²) >= 11 is 0. The Morgan fingerprint density at radius 3 is 2.07 bits per heavy atom. The molecule has 1 heterocycles. The molecule has 7 atom stereocenters. The molecule has 1 aliphatic heterocycles. The summed E-state index contributed by atoms with van der Waals surface area (Å²) in [6.45, 7) is 5.53. The normalized spacial score (nSPS) is 36.5. The number of nitrogens with one attached hydrogen (secondary N) is 1. The molecule has 2 saturated carbocycles. The predicted molar refractivity (Wildman–Crippen MR) is 101 cm³/mol. The first kappa shape index (κ1) is 16.7. The standard InChI is InChI=1S/C22H24N2O3/c1-10-5-4-6-11(2)19(10)23-20(25)12(3)24-21(26)17-13-7-8-14(16-9-15(13)16)18(17)22(24)27/h4-8,12-18H,9H2,1-3H3,(H,23,25)/t12-,13-,14-,15-,16-,17+,18+/m0/s1. The van der Waals surface area contributed by atoms with Crippen LogP contribution in [0.5, 0.6) is 0 Å². The lowest BCUT2D eigenvalue weighted by molar-refractivity contribution is -0.146. The minimum absolute atomic E-state index is 0.154. The molecule has 3 fully saturated rings. The molecule has 5 heteroatoms. The van der Waals surface area contributed by atoms with Gasteiger partial charge in [0.15, 0.2) is 0 Å². The van der Waals surface area contributed by atoms with Gasteiger partial charge in [-0.1, -0.05) is 30.4 Å². The second-order valence-electron chi connectivity index (χ2n) is 8.63. The average Bonchev–Trinajstić information content (AvgIpc) is 3.42. The van der Waals surface area contributed by atoms with Crippen LogP contribution in [0.4, 0.5) is 5.69 Å². The Labute approximate surface area is 158 Å². The molecule has 1 aromatic carbocycles. The highest BCUT2D eigenvalue weighted by molar-refractivity contribution is 6.10. The molecule has 5 aliphatic rings. The summed E-state index contributed by atoms with van der Waals surface area (Å²) in [6.07, 6.45) is 5.44. The number of anilines is 1. The first-order valence-corrected chi connectivity index (χ1v) is 9.82. The topological polar surface area (TPSA) is 66.5 Å². The van der Waals surface area contributed by atoms with Crippen molar-refractivity contribution in [2.24, 2.45) is 35.5 Å². The zero-order chi connectivity index (χ0) is 19.0. The zero-order valence-corrected chi connectivity index (χ0v) is 15.8. The molecule has 1 aromatic rings. The van der Waals surface area contributed by atoms with Gasteiger partial charge < -0.3 is 5.32 Å². The van der Waals surface area contributed by atoms with Gasteiger partial charge in [0.25, 0.3) is 0 Å². The lowest BCUT2D eigenvalue weighted by Crippen LogP contribution is -2.46. The van der Waals surface area contributed by atoms with E-state index in [2.05, 4.69) is 17.5 Å². The second kappa shape index (κ2) is 5.54. The van der Waals surface area contributed by atoms with E-state index in [-0.39, 0.29) is 41.4 Å². The predicted octanol–water partition coefficient (Wildman–Crippen LogP) is 2.68.